The summed E-state index contributed by atoms with van der Waals surface area (Å²) >= 11 is 6.06. The molecule has 2 atom stereocenters. The summed E-state index contributed by atoms with van der Waals surface area (Å²) < 4.78 is 0. The van der Waals surface area contributed by atoms with Crippen molar-refractivity contribution >= 4 is 17.6 Å². The first kappa shape index (κ1) is 11.1. The number of benzene rings is 2. The van der Waals surface area contributed by atoms with Gasteiger partial charge < -0.3 is 5.11 Å². The summed E-state index contributed by atoms with van der Waals surface area (Å²) in [5.74, 6) is -0.581. The number of carbonyl (C=O) groups is 1. The van der Waals surface area contributed by atoms with Gasteiger partial charge in [-0.2, -0.15) is 0 Å². The zero-order valence-corrected chi connectivity index (χ0v) is 10.8. The number of aliphatic carboxylic acids is 1. The lowest BCUT2D eigenvalue weighted by Crippen LogP contribution is -2.33. The van der Waals surface area contributed by atoms with Crippen LogP contribution in [0.5, 0.6) is 0 Å². The van der Waals surface area contributed by atoms with Crippen molar-refractivity contribution in [1.82, 2.24) is 0 Å². The molecule has 2 aliphatic rings. The lowest BCUT2D eigenvalue weighted by molar-refractivity contribution is -0.141. The van der Waals surface area contributed by atoms with Gasteiger partial charge in [0, 0.05) is 10.9 Å². The largest absolute Gasteiger partial charge is 0.480 e. The first-order chi connectivity index (χ1) is 9.14. The molecule has 0 heterocycles. The molecule has 2 aromatic carbocycles. The highest BCUT2D eigenvalue weighted by Gasteiger charge is 2.57. The number of rotatable bonds is 1. The van der Waals surface area contributed by atoms with E-state index in [0.29, 0.717) is 11.4 Å². The molecule has 1 N–H and O–H groups in total. The van der Waals surface area contributed by atoms with E-state index in [4.69, 9.17) is 11.6 Å². The van der Waals surface area contributed by atoms with E-state index in [9.17, 15) is 9.90 Å². The minimum atomic E-state index is -0.901. The summed E-state index contributed by atoms with van der Waals surface area (Å²) in [6, 6.07) is 13.5. The minimum absolute atomic E-state index is 0.194. The summed E-state index contributed by atoms with van der Waals surface area (Å²) in [5, 5.41) is 10.4. The van der Waals surface area contributed by atoms with Crippen molar-refractivity contribution in [3.05, 3.63) is 69.7 Å². The maximum atomic E-state index is 12.0. The zero-order valence-electron chi connectivity index (χ0n) is 10.1. The van der Waals surface area contributed by atoms with Crippen molar-refractivity contribution in [2.45, 2.75) is 17.8 Å². The highest BCUT2D eigenvalue weighted by atomic mass is 35.5. The van der Waals surface area contributed by atoms with E-state index in [0.717, 1.165) is 22.3 Å². The second kappa shape index (κ2) is 3.40. The Morgan fingerprint density at radius 3 is 2.68 bits per heavy atom. The van der Waals surface area contributed by atoms with Crippen LogP contribution in [0.2, 0.25) is 5.02 Å². The predicted octanol–water partition coefficient (Wildman–Crippen LogP) is 3.56. The molecule has 4 rings (SSSR count). The maximum Gasteiger partial charge on any atom is 0.318 e. The molecular weight excluding hydrogens is 260 g/mol. The lowest BCUT2D eigenvalue weighted by atomic mass is 9.75. The van der Waals surface area contributed by atoms with E-state index in [2.05, 4.69) is 0 Å². The van der Waals surface area contributed by atoms with Gasteiger partial charge in [-0.3, -0.25) is 4.79 Å². The van der Waals surface area contributed by atoms with Crippen molar-refractivity contribution in [3.63, 3.8) is 0 Å². The summed E-state index contributed by atoms with van der Waals surface area (Å²) in [6.07, 6.45) is 0.622. The Bertz CT molecular complexity index is 722. The average molecular weight is 271 g/mol. The molecule has 94 valence electrons. The minimum Gasteiger partial charge on any atom is -0.480 e. The van der Waals surface area contributed by atoms with Gasteiger partial charge in [0.2, 0.25) is 0 Å². The molecule has 0 unspecified atom stereocenters. The average Bonchev–Trinajstić information content (AvgIpc) is 2.92. The summed E-state index contributed by atoms with van der Waals surface area (Å²) in [5.41, 5.74) is 3.17. The van der Waals surface area contributed by atoms with Crippen LogP contribution >= 0.6 is 11.6 Å². The van der Waals surface area contributed by atoms with Gasteiger partial charge in [-0.1, -0.05) is 41.9 Å². The van der Waals surface area contributed by atoms with Crippen LogP contribution in [-0.2, 0) is 10.2 Å². The Morgan fingerprint density at radius 1 is 1.16 bits per heavy atom. The number of carboxylic acid groups (broad SMARTS) is 1. The first-order valence-electron chi connectivity index (χ1n) is 6.27. The van der Waals surface area contributed by atoms with Crippen molar-refractivity contribution in [2.75, 3.05) is 0 Å². The normalized spacial score (nSPS) is 26.1. The fourth-order valence-electron chi connectivity index (χ4n) is 3.77. The Labute approximate surface area is 115 Å². The molecule has 2 aliphatic carbocycles. The Balaban J connectivity index is 2.10. The monoisotopic (exact) mass is 270 g/mol. The Kier molecular flexibility index (Phi) is 1.98. The van der Waals surface area contributed by atoms with E-state index >= 15 is 0 Å². The zero-order chi connectivity index (χ0) is 13.2. The van der Waals surface area contributed by atoms with Crippen molar-refractivity contribution in [1.29, 1.82) is 0 Å². The van der Waals surface area contributed by atoms with E-state index < -0.39 is 11.4 Å². The van der Waals surface area contributed by atoms with Crippen LogP contribution in [-0.4, -0.2) is 11.1 Å². The van der Waals surface area contributed by atoms with Gasteiger partial charge >= 0.3 is 5.97 Å². The van der Waals surface area contributed by atoms with Crippen LogP contribution in [0.25, 0.3) is 0 Å². The van der Waals surface area contributed by atoms with Gasteiger partial charge in [0.15, 0.2) is 0 Å². The molecule has 2 nitrogen and oxygen atoms in total. The van der Waals surface area contributed by atoms with E-state index in [1.807, 2.05) is 42.5 Å². The molecule has 0 aromatic heterocycles. The molecule has 0 saturated carbocycles. The maximum absolute atomic E-state index is 12.0. The molecule has 19 heavy (non-hydrogen) atoms. The summed E-state index contributed by atoms with van der Waals surface area (Å²) in [4.78, 5) is 12.0. The number of hydrogen-bond acceptors (Lipinski definition) is 1. The lowest BCUT2D eigenvalue weighted by Gasteiger charge is -2.27. The van der Waals surface area contributed by atoms with Crippen LogP contribution in [0.3, 0.4) is 0 Å². The van der Waals surface area contributed by atoms with E-state index in [1.54, 1.807) is 0 Å². The predicted molar refractivity (Wildman–Crippen MR) is 72.8 cm³/mol. The fraction of sp³-hybridized carbons (Fsp3) is 0.188. The van der Waals surface area contributed by atoms with Crippen LogP contribution in [0.15, 0.2) is 42.5 Å². The molecule has 3 heteroatoms. The van der Waals surface area contributed by atoms with Crippen LogP contribution in [0.4, 0.5) is 0 Å². The molecule has 0 amide bonds. The van der Waals surface area contributed by atoms with Crippen molar-refractivity contribution in [2.24, 2.45) is 0 Å². The van der Waals surface area contributed by atoms with Gasteiger partial charge in [-0.05, 0) is 40.8 Å². The second-order valence-electron chi connectivity index (χ2n) is 5.29. The highest BCUT2D eigenvalue weighted by Crippen LogP contribution is 2.60. The molecule has 0 fully saturated rings. The number of hydrogen-bond donors (Lipinski definition) is 1. The number of fused-ring (bicyclic) bond motifs is 8. The first-order valence-corrected chi connectivity index (χ1v) is 6.65. The highest BCUT2D eigenvalue weighted by molar-refractivity contribution is 6.30. The topological polar surface area (TPSA) is 37.3 Å². The quantitative estimate of drug-likeness (QED) is 0.860. The molecule has 0 spiro atoms. The molecule has 0 aliphatic heterocycles. The number of carboxylic acids is 1. The number of halogens is 1. The molecule has 0 radical (unpaired) electrons. The second-order valence-corrected chi connectivity index (χ2v) is 5.72. The molecule has 2 aromatic rings. The SMILES string of the molecule is O=C(O)[C@]12C[C@H](c3ccccc31)c1ccc(Cl)cc12. The Hall–Kier alpha value is -1.80. The van der Waals surface area contributed by atoms with Gasteiger partial charge in [0.05, 0.1) is 0 Å². The fourth-order valence-corrected chi connectivity index (χ4v) is 3.94. The van der Waals surface area contributed by atoms with Crippen LogP contribution < -0.4 is 0 Å². The molecule has 2 bridgehead atoms. The third-order valence-electron chi connectivity index (χ3n) is 4.52. The van der Waals surface area contributed by atoms with Crippen LogP contribution in [0.1, 0.15) is 34.6 Å². The van der Waals surface area contributed by atoms with Crippen molar-refractivity contribution in [3.8, 4) is 0 Å². The standard InChI is InChI=1S/C16H11ClO2/c17-9-5-6-11-12-8-16(15(18)19,14(11)7-9)13-4-2-1-3-10(12)13/h1-7,12H,8H2,(H,18,19)/t12-,16-/m1/s1. The van der Waals surface area contributed by atoms with Gasteiger partial charge in [-0.25, -0.2) is 0 Å². The third kappa shape index (κ3) is 1.15. The van der Waals surface area contributed by atoms with E-state index in [1.165, 1.54) is 0 Å². The molecular formula is C16H11ClO2. The van der Waals surface area contributed by atoms with Gasteiger partial charge in [-0.15, -0.1) is 0 Å². The summed E-state index contributed by atoms with van der Waals surface area (Å²) in [7, 11) is 0. The third-order valence-corrected chi connectivity index (χ3v) is 4.76. The van der Waals surface area contributed by atoms with Crippen LogP contribution in [0, 0.1) is 0 Å². The van der Waals surface area contributed by atoms with Gasteiger partial charge in [0.25, 0.3) is 0 Å². The van der Waals surface area contributed by atoms with E-state index in [-0.39, 0.29) is 5.92 Å². The van der Waals surface area contributed by atoms with Crippen molar-refractivity contribution < 1.29 is 9.90 Å². The molecule has 0 saturated heterocycles. The smallest absolute Gasteiger partial charge is 0.318 e. The Morgan fingerprint density at radius 2 is 1.89 bits per heavy atom. The van der Waals surface area contributed by atoms with Gasteiger partial charge in [0.1, 0.15) is 5.41 Å². The summed E-state index contributed by atoms with van der Waals surface area (Å²) in [6.45, 7) is 0.